The van der Waals surface area contributed by atoms with Gasteiger partial charge in [0.05, 0.1) is 0 Å². The van der Waals surface area contributed by atoms with E-state index in [-0.39, 0.29) is 29.6 Å². The number of nitriles is 2. The lowest BCUT2D eigenvalue weighted by Gasteiger charge is -2.23. The monoisotopic (exact) mass is 901 g/mol. The highest BCUT2D eigenvalue weighted by Gasteiger charge is 2.29. The van der Waals surface area contributed by atoms with Gasteiger partial charge in [0.15, 0.2) is 12.4 Å². The maximum atomic E-state index is 13.4. The van der Waals surface area contributed by atoms with Crippen molar-refractivity contribution in [2.75, 3.05) is 30.8 Å². The summed E-state index contributed by atoms with van der Waals surface area (Å²) < 4.78 is 11.2. The number of hydrogen-bond donors (Lipinski definition) is 5. The summed E-state index contributed by atoms with van der Waals surface area (Å²) in [5.41, 5.74) is 6.77. The quantitative estimate of drug-likeness (QED) is 0.0406. The Hall–Kier alpha value is -8.11. The van der Waals surface area contributed by atoms with Crippen molar-refractivity contribution in [2.24, 2.45) is 9.98 Å². The number of benzene rings is 4. The van der Waals surface area contributed by atoms with Crippen LogP contribution in [0.25, 0.3) is 21.9 Å². The van der Waals surface area contributed by atoms with Gasteiger partial charge in [-0.05, 0) is 131 Å². The number of fused-ring (bicyclic) bond motifs is 2. The molecule has 8 rings (SSSR count). The van der Waals surface area contributed by atoms with Crippen LogP contribution in [-0.2, 0) is 22.7 Å². The van der Waals surface area contributed by atoms with Crippen LogP contribution < -0.4 is 26.6 Å². The first-order valence-electron chi connectivity index (χ1n) is 22.4. The zero-order valence-electron chi connectivity index (χ0n) is 38.2. The largest absolute Gasteiger partial charge is 0.461 e. The molecule has 16 heteroatoms. The number of hydrogen-bond acceptors (Lipinski definition) is 9. The Morgan fingerprint density at radius 2 is 1.15 bits per heavy atom. The number of carbonyl (C=O) groups is 3. The van der Waals surface area contributed by atoms with Crippen LogP contribution in [-0.4, -0.2) is 71.7 Å². The van der Waals surface area contributed by atoms with E-state index in [4.69, 9.17) is 8.83 Å². The summed E-state index contributed by atoms with van der Waals surface area (Å²) in [5.74, 6) is 1.84. The van der Waals surface area contributed by atoms with Crippen LogP contribution in [0.1, 0.15) is 77.1 Å². The van der Waals surface area contributed by atoms with Gasteiger partial charge in [0.1, 0.15) is 34.8 Å². The van der Waals surface area contributed by atoms with Crippen LogP contribution >= 0.6 is 0 Å². The number of likely N-dealkylation sites (tertiary alicyclic amines) is 2. The summed E-state index contributed by atoms with van der Waals surface area (Å²) >= 11 is 0. The average molecular weight is 902 g/mol. The van der Waals surface area contributed by atoms with Gasteiger partial charge in [0.2, 0.25) is 23.7 Å². The highest BCUT2D eigenvalue weighted by molar-refractivity contribution is 5.99. The first kappa shape index (κ1) is 46.9. The molecule has 0 saturated carbocycles. The molecule has 2 fully saturated rings. The molecular weight excluding hydrogens is 847 g/mol. The molecule has 6 aromatic rings. The number of aliphatic imine (C=N–C) groups is 2. The summed E-state index contributed by atoms with van der Waals surface area (Å²) in [6.45, 7) is 8.11. The lowest BCUT2D eigenvalue weighted by atomic mass is 10.1. The molecule has 2 aliphatic rings. The van der Waals surface area contributed by atoms with Crippen LogP contribution in [0, 0.1) is 43.7 Å². The summed E-state index contributed by atoms with van der Waals surface area (Å²) in [6.07, 6.45) is 8.61. The van der Waals surface area contributed by atoms with Gasteiger partial charge < -0.3 is 34.6 Å². The molecule has 344 valence electrons. The number of furan rings is 2. The smallest absolute Gasteiger partial charge is 0.251 e. The molecule has 0 aliphatic carbocycles. The van der Waals surface area contributed by atoms with Gasteiger partial charge in [-0.2, -0.15) is 10.5 Å². The van der Waals surface area contributed by atoms with E-state index in [1.54, 1.807) is 24.1 Å². The zero-order valence-corrected chi connectivity index (χ0v) is 38.2. The second kappa shape index (κ2) is 22.2. The number of anilines is 2. The molecule has 2 atom stereocenters. The van der Waals surface area contributed by atoms with E-state index < -0.39 is 12.1 Å². The zero-order chi connectivity index (χ0) is 47.3. The Bertz CT molecular complexity index is 2890. The highest BCUT2D eigenvalue weighted by Crippen LogP contribution is 2.25. The number of rotatable bonds is 9. The summed E-state index contributed by atoms with van der Waals surface area (Å²) in [4.78, 5) is 51.5. The van der Waals surface area contributed by atoms with Gasteiger partial charge in [-0.25, -0.2) is 9.98 Å². The molecule has 5 N–H and O–H groups in total. The average Bonchev–Trinajstić information content (AvgIpc) is 3.77. The van der Waals surface area contributed by atoms with Crippen molar-refractivity contribution in [3.63, 3.8) is 0 Å². The molecule has 2 aromatic heterocycles. The number of nitrogens with zero attached hydrogens (tertiary/aromatic N) is 6. The van der Waals surface area contributed by atoms with Crippen molar-refractivity contribution in [1.29, 1.82) is 10.5 Å². The van der Waals surface area contributed by atoms with Gasteiger partial charge in [-0.1, -0.05) is 42.0 Å². The van der Waals surface area contributed by atoms with Gasteiger partial charge in [0, 0.05) is 60.9 Å². The molecule has 2 unspecified atom stereocenters. The molecule has 3 amide bonds. The van der Waals surface area contributed by atoms with Crippen LogP contribution in [0.5, 0.6) is 0 Å². The van der Waals surface area contributed by atoms with E-state index in [9.17, 15) is 24.9 Å². The molecular formula is C51H55N11O5. The minimum absolute atomic E-state index is 0.0102. The summed E-state index contributed by atoms with van der Waals surface area (Å²) in [6, 6.07) is 29.4. The molecule has 67 heavy (non-hydrogen) atoms. The predicted molar refractivity (Wildman–Crippen MR) is 259 cm³/mol. The molecule has 2 aliphatic heterocycles. The third-order valence-electron chi connectivity index (χ3n) is 11.5. The van der Waals surface area contributed by atoms with E-state index in [0.717, 1.165) is 81.6 Å². The van der Waals surface area contributed by atoms with E-state index in [2.05, 4.69) is 55.6 Å². The summed E-state index contributed by atoms with van der Waals surface area (Å²) in [7, 11) is 1.59. The standard InChI is InChI=1S/C26H28N6O3.C25H27N5O2/c1-17-12-20-14-21(9-10-23(20)35-17)30-26(29-16-27)31-22-8-3-4-11-32(25(22)34)15-18-6-5-7-19(13-18)24(33)28-2;1-17-6-5-7-19(12-17)15-30-11-4-3-8-22(24(30)31)29-25(27-16-26)28-21-9-10-23-20(14-21)13-18(2)32-23/h5-7,9-10,12-14,22H,3-4,8,11,15H2,1-2H3,(H,28,33)(H2,29,30,31);5-7,9-10,12-14,22H,3-4,8,11,15H2,1-2H3,(H2,27,28,29). The lowest BCUT2D eigenvalue weighted by molar-refractivity contribution is -0.133. The molecule has 0 spiro atoms. The van der Waals surface area contributed by atoms with Gasteiger partial charge in [-0.15, -0.1) is 0 Å². The van der Waals surface area contributed by atoms with Crippen LogP contribution in [0.4, 0.5) is 11.4 Å². The Kier molecular flexibility index (Phi) is 15.5. The molecule has 16 nitrogen and oxygen atoms in total. The van der Waals surface area contributed by atoms with Crippen molar-refractivity contribution in [2.45, 2.75) is 84.5 Å². The number of amides is 3. The normalized spacial score (nSPS) is 16.8. The van der Waals surface area contributed by atoms with E-state index >= 15 is 0 Å². The highest BCUT2D eigenvalue weighted by atomic mass is 16.3. The Morgan fingerprint density at radius 3 is 1.63 bits per heavy atom. The molecule has 4 aromatic carbocycles. The Morgan fingerprint density at radius 1 is 0.657 bits per heavy atom. The van der Waals surface area contributed by atoms with Crippen LogP contribution in [0.15, 0.2) is 116 Å². The van der Waals surface area contributed by atoms with Crippen molar-refractivity contribution in [3.8, 4) is 12.4 Å². The number of guanidine groups is 2. The molecule has 0 radical (unpaired) electrons. The maximum Gasteiger partial charge on any atom is 0.251 e. The van der Waals surface area contributed by atoms with Crippen molar-refractivity contribution >= 4 is 63.0 Å². The van der Waals surface area contributed by atoms with Crippen LogP contribution in [0.2, 0.25) is 0 Å². The second-order valence-electron chi connectivity index (χ2n) is 16.7. The lowest BCUT2D eigenvalue weighted by Crippen LogP contribution is -2.38. The Labute approximate surface area is 389 Å². The van der Waals surface area contributed by atoms with Gasteiger partial charge in [0.25, 0.3) is 5.91 Å². The third kappa shape index (κ3) is 12.6. The Balaban J connectivity index is 0.000000200. The fraction of sp³-hybridized carbons (Fsp3) is 0.314. The number of nitrogens with one attached hydrogen (secondary N) is 5. The molecule has 0 bridgehead atoms. The van der Waals surface area contributed by atoms with E-state index in [1.165, 1.54) is 5.56 Å². The summed E-state index contributed by atoms with van der Waals surface area (Å²) in [5, 5.41) is 34.4. The minimum Gasteiger partial charge on any atom is -0.461 e. The third-order valence-corrected chi connectivity index (χ3v) is 11.5. The first-order valence-corrected chi connectivity index (χ1v) is 22.4. The topological polar surface area (TPSA) is 216 Å². The molecule has 2 saturated heterocycles. The van der Waals surface area contributed by atoms with E-state index in [0.29, 0.717) is 44.6 Å². The minimum atomic E-state index is -0.622. The van der Waals surface area contributed by atoms with Crippen LogP contribution in [0.3, 0.4) is 0 Å². The van der Waals surface area contributed by atoms with E-state index in [1.807, 2.05) is 104 Å². The predicted octanol–water partition coefficient (Wildman–Crippen LogP) is 7.99. The SMILES string of the molecule is CNC(=O)c1cccc(CN2CCCCC(N=C(NC#N)Nc3ccc4oc(C)cc4c3)C2=O)c1.Cc1cccc(CN2CCCCC(N=C(NC#N)Nc3ccc4oc(C)cc4c3)C2=O)c1. The van der Waals surface area contributed by atoms with Crippen molar-refractivity contribution < 1.29 is 23.2 Å². The molecule has 4 heterocycles. The number of carbonyl (C=O) groups excluding carboxylic acids is 3. The number of aryl methyl sites for hydroxylation is 3. The maximum absolute atomic E-state index is 13.4. The van der Waals surface area contributed by atoms with Gasteiger partial charge in [-0.3, -0.25) is 25.0 Å². The van der Waals surface area contributed by atoms with Crippen molar-refractivity contribution in [1.82, 2.24) is 25.8 Å². The first-order chi connectivity index (χ1) is 32.5. The van der Waals surface area contributed by atoms with Gasteiger partial charge >= 0.3 is 0 Å². The fourth-order valence-corrected chi connectivity index (χ4v) is 8.32. The fourth-order valence-electron chi connectivity index (χ4n) is 8.32. The van der Waals surface area contributed by atoms with Crippen molar-refractivity contribution in [3.05, 3.63) is 131 Å². The second-order valence-corrected chi connectivity index (χ2v) is 16.7.